The molecule has 26 heavy (non-hydrogen) atoms. The zero-order valence-corrected chi connectivity index (χ0v) is 15.3. The molecule has 0 aliphatic heterocycles. The molecule has 0 saturated heterocycles. The van der Waals surface area contributed by atoms with Crippen LogP contribution < -0.4 is 9.47 Å². The molecule has 3 rings (SSSR count). The monoisotopic (exact) mass is 352 g/mol. The lowest BCUT2D eigenvalue weighted by Gasteiger charge is -2.24. The highest BCUT2D eigenvalue weighted by Crippen LogP contribution is 2.35. The summed E-state index contributed by atoms with van der Waals surface area (Å²) in [6.07, 6.45) is 8.00. The van der Waals surface area contributed by atoms with E-state index in [0.717, 1.165) is 24.0 Å². The van der Waals surface area contributed by atoms with E-state index in [1.54, 1.807) is 38.8 Å². The summed E-state index contributed by atoms with van der Waals surface area (Å²) < 4.78 is 10.9. The number of nitrogens with zero attached hydrogens (tertiary/aromatic N) is 2. The Balaban J connectivity index is 1.93. The Morgan fingerprint density at radius 1 is 1.27 bits per heavy atom. The second-order valence-corrected chi connectivity index (χ2v) is 6.38. The fourth-order valence-electron chi connectivity index (χ4n) is 3.08. The first kappa shape index (κ1) is 18.0. The first-order chi connectivity index (χ1) is 12.7. The van der Waals surface area contributed by atoms with E-state index in [2.05, 4.69) is 11.6 Å². The quantitative estimate of drug-likeness (QED) is 0.681. The highest BCUT2D eigenvalue weighted by Gasteiger charge is 2.33. The van der Waals surface area contributed by atoms with E-state index in [1.165, 1.54) is 0 Å². The lowest BCUT2D eigenvalue weighted by atomic mass is 10.0. The Labute approximate surface area is 154 Å². The first-order valence-electron chi connectivity index (χ1n) is 8.73. The second-order valence-electron chi connectivity index (χ2n) is 6.38. The van der Waals surface area contributed by atoms with Crippen LogP contribution in [-0.2, 0) is 13.0 Å². The summed E-state index contributed by atoms with van der Waals surface area (Å²) in [7, 11) is 3.19. The van der Waals surface area contributed by atoms with Crippen LogP contribution in [-0.4, -0.2) is 36.1 Å². The maximum atomic E-state index is 13.2. The minimum absolute atomic E-state index is 0.00979. The lowest BCUT2D eigenvalue weighted by Crippen LogP contribution is -2.32. The van der Waals surface area contributed by atoms with Crippen LogP contribution in [0.4, 0.5) is 0 Å². The maximum absolute atomic E-state index is 13.2. The highest BCUT2D eigenvalue weighted by atomic mass is 16.5. The van der Waals surface area contributed by atoms with E-state index in [-0.39, 0.29) is 5.91 Å². The standard InChI is InChI=1S/C21H24N2O3/c1-4-5-16-12-17(13-19(25-2)20(16)26-3)21(24)23(18-6-7-18)14-15-8-10-22-11-9-15/h4,8-13,18H,1,5-7,14H2,2-3H3. The lowest BCUT2D eigenvalue weighted by molar-refractivity contribution is 0.0729. The summed E-state index contributed by atoms with van der Waals surface area (Å²) in [5, 5.41) is 0. The molecule has 0 radical (unpaired) electrons. The van der Waals surface area contributed by atoms with Gasteiger partial charge < -0.3 is 14.4 Å². The van der Waals surface area contributed by atoms with Gasteiger partial charge in [0.1, 0.15) is 0 Å². The summed E-state index contributed by atoms with van der Waals surface area (Å²) in [4.78, 5) is 19.2. The van der Waals surface area contributed by atoms with Gasteiger partial charge in [0, 0.05) is 36.1 Å². The molecule has 0 unspecified atom stereocenters. The number of hydrogen-bond acceptors (Lipinski definition) is 4. The van der Waals surface area contributed by atoms with Crippen molar-refractivity contribution in [1.82, 2.24) is 9.88 Å². The number of amides is 1. The molecule has 1 fully saturated rings. The number of rotatable bonds is 8. The summed E-state index contributed by atoms with van der Waals surface area (Å²) in [5.41, 5.74) is 2.58. The molecular weight excluding hydrogens is 328 g/mol. The summed E-state index contributed by atoms with van der Waals surface area (Å²) >= 11 is 0. The minimum atomic E-state index is 0.00979. The third kappa shape index (κ3) is 3.87. The molecule has 0 bridgehead atoms. The largest absolute Gasteiger partial charge is 0.493 e. The van der Waals surface area contributed by atoms with Gasteiger partial charge in [0.05, 0.1) is 14.2 Å². The number of aromatic nitrogens is 1. The van der Waals surface area contributed by atoms with E-state index in [9.17, 15) is 4.79 Å². The summed E-state index contributed by atoms with van der Waals surface area (Å²) in [5.74, 6) is 1.22. The van der Waals surface area contributed by atoms with Crippen LogP contribution in [0.15, 0.2) is 49.3 Å². The van der Waals surface area contributed by atoms with Crippen molar-refractivity contribution in [2.45, 2.75) is 31.8 Å². The van der Waals surface area contributed by atoms with Gasteiger partial charge in [-0.25, -0.2) is 0 Å². The van der Waals surface area contributed by atoms with Gasteiger partial charge in [0.25, 0.3) is 5.91 Å². The molecule has 1 aromatic carbocycles. The Kier molecular flexibility index (Phi) is 5.56. The van der Waals surface area contributed by atoms with Crippen molar-refractivity contribution < 1.29 is 14.3 Å². The van der Waals surface area contributed by atoms with Crippen molar-refractivity contribution in [2.75, 3.05) is 14.2 Å². The molecule has 1 saturated carbocycles. The summed E-state index contributed by atoms with van der Waals surface area (Å²) in [6, 6.07) is 7.83. The number of pyridine rings is 1. The van der Waals surface area contributed by atoms with Gasteiger partial charge >= 0.3 is 0 Å². The minimum Gasteiger partial charge on any atom is -0.493 e. The molecule has 136 valence electrons. The van der Waals surface area contributed by atoms with Crippen molar-refractivity contribution in [3.63, 3.8) is 0 Å². The average molecular weight is 352 g/mol. The van der Waals surface area contributed by atoms with Crippen molar-refractivity contribution in [1.29, 1.82) is 0 Å². The number of ether oxygens (including phenoxy) is 2. The SMILES string of the molecule is C=CCc1cc(C(=O)N(Cc2ccncc2)C2CC2)cc(OC)c1OC. The van der Waals surface area contributed by atoms with E-state index in [1.807, 2.05) is 23.1 Å². The van der Waals surface area contributed by atoms with Crippen LogP contribution in [0.2, 0.25) is 0 Å². The van der Waals surface area contributed by atoms with Crippen LogP contribution in [0.1, 0.15) is 34.3 Å². The van der Waals surface area contributed by atoms with Crippen LogP contribution in [0.25, 0.3) is 0 Å². The molecule has 0 atom stereocenters. The van der Waals surface area contributed by atoms with E-state index < -0.39 is 0 Å². The average Bonchev–Trinajstić information content (AvgIpc) is 3.51. The second kappa shape index (κ2) is 8.04. The first-order valence-corrected chi connectivity index (χ1v) is 8.73. The van der Waals surface area contributed by atoms with Gasteiger partial charge in [0.2, 0.25) is 0 Å². The van der Waals surface area contributed by atoms with Gasteiger partial charge in [-0.3, -0.25) is 9.78 Å². The molecule has 1 aliphatic rings. The summed E-state index contributed by atoms with van der Waals surface area (Å²) in [6.45, 7) is 4.37. The van der Waals surface area contributed by atoms with Crippen molar-refractivity contribution >= 4 is 5.91 Å². The molecule has 0 N–H and O–H groups in total. The van der Waals surface area contributed by atoms with Crippen LogP contribution in [0.3, 0.4) is 0 Å². The number of allylic oxidation sites excluding steroid dienone is 1. The number of methoxy groups -OCH3 is 2. The fourth-order valence-corrected chi connectivity index (χ4v) is 3.08. The van der Waals surface area contributed by atoms with Gasteiger partial charge in [-0.1, -0.05) is 6.08 Å². The van der Waals surface area contributed by atoms with Crippen molar-refractivity contribution in [3.05, 3.63) is 66.0 Å². The van der Waals surface area contributed by atoms with Gasteiger partial charge in [0.15, 0.2) is 11.5 Å². The molecular formula is C21H24N2O3. The smallest absolute Gasteiger partial charge is 0.254 e. The molecule has 2 aromatic rings. The Hall–Kier alpha value is -2.82. The zero-order valence-electron chi connectivity index (χ0n) is 15.3. The third-order valence-electron chi connectivity index (χ3n) is 4.52. The van der Waals surface area contributed by atoms with E-state index >= 15 is 0 Å². The number of carbonyl (C=O) groups excluding carboxylic acids is 1. The normalized spacial score (nSPS) is 13.2. The number of hydrogen-bond donors (Lipinski definition) is 0. The van der Waals surface area contributed by atoms with Crippen LogP contribution >= 0.6 is 0 Å². The molecule has 5 heteroatoms. The predicted molar refractivity (Wildman–Crippen MR) is 101 cm³/mol. The van der Waals surface area contributed by atoms with E-state index in [4.69, 9.17) is 9.47 Å². The van der Waals surface area contributed by atoms with Crippen LogP contribution in [0, 0.1) is 0 Å². The van der Waals surface area contributed by atoms with Crippen molar-refractivity contribution in [2.24, 2.45) is 0 Å². The van der Waals surface area contributed by atoms with Crippen molar-refractivity contribution in [3.8, 4) is 11.5 Å². The molecule has 5 nitrogen and oxygen atoms in total. The van der Waals surface area contributed by atoms with Gasteiger partial charge in [-0.15, -0.1) is 6.58 Å². The van der Waals surface area contributed by atoms with E-state index in [0.29, 0.717) is 36.1 Å². The highest BCUT2D eigenvalue weighted by molar-refractivity contribution is 5.95. The van der Waals surface area contributed by atoms with Gasteiger partial charge in [-0.2, -0.15) is 0 Å². The number of carbonyl (C=O) groups is 1. The fraction of sp³-hybridized carbons (Fsp3) is 0.333. The molecule has 1 heterocycles. The Bertz CT molecular complexity index is 785. The molecule has 1 aromatic heterocycles. The topological polar surface area (TPSA) is 51.7 Å². The van der Waals surface area contributed by atoms with Gasteiger partial charge in [-0.05, 0) is 49.1 Å². The van der Waals surface area contributed by atoms with Crippen LogP contribution in [0.5, 0.6) is 11.5 Å². The predicted octanol–water partition coefficient (Wildman–Crippen LogP) is 3.63. The number of benzene rings is 1. The molecule has 1 aliphatic carbocycles. The molecule has 1 amide bonds. The zero-order chi connectivity index (χ0) is 18.5. The molecule has 0 spiro atoms. The Morgan fingerprint density at radius 2 is 2.00 bits per heavy atom. The third-order valence-corrected chi connectivity index (χ3v) is 4.52. The maximum Gasteiger partial charge on any atom is 0.254 e. The Morgan fingerprint density at radius 3 is 2.58 bits per heavy atom.